The minimum Gasteiger partial charge on any atom is -0.395 e. The second-order valence-electron chi connectivity index (χ2n) is 5.33. The number of nitrogens with one attached hydrogen (secondary N) is 1. The lowest BCUT2D eigenvalue weighted by Gasteiger charge is -2.15. The zero-order valence-corrected chi connectivity index (χ0v) is 12.7. The first-order chi connectivity index (χ1) is 9.45. The highest BCUT2D eigenvalue weighted by Gasteiger charge is 2.16. The third-order valence-electron chi connectivity index (χ3n) is 3.37. The fraction of sp³-hybridized carbons (Fsp3) is 0.471. The fourth-order valence-corrected chi connectivity index (χ4v) is 1.65. The van der Waals surface area contributed by atoms with Gasteiger partial charge in [-0.3, -0.25) is 4.79 Å². The van der Waals surface area contributed by atoms with Gasteiger partial charge in [0.2, 0.25) is 5.91 Å². The molecule has 20 heavy (non-hydrogen) atoms. The molecule has 108 valence electrons. The van der Waals surface area contributed by atoms with Crippen LogP contribution in [0.4, 0.5) is 5.69 Å². The van der Waals surface area contributed by atoms with Crippen molar-refractivity contribution in [1.29, 1.82) is 0 Å². The van der Waals surface area contributed by atoms with Crippen molar-refractivity contribution in [1.82, 2.24) is 0 Å². The molecule has 1 unspecified atom stereocenters. The van der Waals surface area contributed by atoms with Crippen molar-refractivity contribution in [3.05, 3.63) is 29.3 Å². The Hall–Kier alpha value is -1.79. The SMILES string of the molecule is Cc1cc(NC(=O)C(C)C(C)C)ccc1C#CCCO. The van der Waals surface area contributed by atoms with Gasteiger partial charge in [-0.1, -0.05) is 32.6 Å². The maximum atomic E-state index is 12.0. The van der Waals surface area contributed by atoms with Gasteiger partial charge in [0.15, 0.2) is 0 Å². The molecule has 0 radical (unpaired) electrons. The van der Waals surface area contributed by atoms with Crippen LogP contribution >= 0.6 is 0 Å². The van der Waals surface area contributed by atoms with Gasteiger partial charge in [0.25, 0.3) is 0 Å². The van der Waals surface area contributed by atoms with Crippen LogP contribution in [0.25, 0.3) is 0 Å². The van der Waals surface area contributed by atoms with Crippen LogP contribution in [0, 0.1) is 30.6 Å². The van der Waals surface area contributed by atoms with Crippen molar-refractivity contribution >= 4 is 11.6 Å². The van der Waals surface area contributed by atoms with E-state index in [1.54, 1.807) is 0 Å². The van der Waals surface area contributed by atoms with E-state index in [4.69, 9.17) is 5.11 Å². The Morgan fingerprint density at radius 2 is 2.05 bits per heavy atom. The molecule has 1 rings (SSSR count). The summed E-state index contributed by atoms with van der Waals surface area (Å²) >= 11 is 0. The molecule has 1 amide bonds. The zero-order chi connectivity index (χ0) is 15.1. The molecule has 1 aromatic rings. The molecule has 0 heterocycles. The predicted octanol–water partition coefficient (Wildman–Crippen LogP) is 2.96. The number of aliphatic hydroxyl groups is 1. The molecule has 0 aliphatic rings. The monoisotopic (exact) mass is 273 g/mol. The van der Waals surface area contributed by atoms with Crippen LogP contribution in [0.15, 0.2) is 18.2 Å². The highest BCUT2D eigenvalue weighted by atomic mass is 16.2. The van der Waals surface area contributed by atoms with Gasteiger partial charge in [-0.25, -0.2) is 0 Å². The number of carbonyl (C=O) groups excluding carboxylic acids is 1. The average molecular weight is 273 g/mol. The number of hydrogen-bond donors (Lipinski definition) is 2. The molecule has 0 aliphatic heterocycles. The lowest BCUT2D eigenvalue weighted by atomic mass is 9.97. The molecule has 2 N–H and O–H groups in total. The van der Waals surface area contributed by atoms with Gasteiger partial charge in [-0.05, 0) is 36.6 Å². The number of anilines is 1. The van der Waals surface area contributed by atoms with Crippen molar-refractivity contribution in [2.24, 2.45) is 11.8 Å². The Morgan fingerprint density at radius 3 is 2.60 bits per heavy atom. The lowest BCUT2D eigenvalue weighted by Crippen LogP contribution is -2.24. The number of rotatable bonds is 4. The summed E-state index contributed by atoms with van der Waals surface area (Å²) in [5.74, 6) is 6.26. The lowest BCUT2D eigenvalue weighted by molar-refractivity contribution is -0.120. The van der Waals surface area contributed by atoms with Crippen LogP contribution in [-0.2, 0) is 4.79 Å². The predicted molar refractivity (Wildman–Crippen MR) is 82.4 cm³/mol. The van der Waals surface area contributed by atoms with E-state index < -0.39 is 0 Å². The first-order valence-corrected chi connectivity index (χ1v) is 6.97. The quantitative estimate of drug-likeness (QED) is 0.829. The summed E-state index contributed by atoms with van der Waals surface area (Å²) in [6.07, 6.45) is 0.476. The Kier molecular flexibility index (Phi) is 6.27. The summed E-state index contributed by atoms with van der Waals surface area (Å²) in [6, 6.07) is 5.68. The molecule has 0 saturated heterocycles. The minimum atomic E-state index is -0.0145. The van der Waals surface area contributed by atoms with Crippen LogP contribution in [0.3, 0.4) is 0 Å². The number of carbonyl (C=O) groups is 1. The Labute approximate surface area is 121 Å². The maximum absolute atomic E-state index is 12.0. The largest absolute Gasteiger partial charge is 0.395 e. The van der Waals surface area contributed by atoms with Crippen molar-refractivity contribution in [3.63, 3.8) is 0 Å². The summed E-state index contributed by atoms with van der Waals surface area (Å²) < 4.78 is 0. The van der Waals surface area contributed by atoms with Crippen molar-refractivity contribution in [2.75, 3.05) is 11.9 Å². The topological polar surface area (TPSA) is 49.3 Å². The zero-order valence-electron chi connectivity index (χ0n) is 12.7. The molecule has 1 atom stereocenters. The first-order valence-electron chi connectivity index (χ1n) is 6.97. The highest BCUT2D eigenvalue weighted by molar-refractivity contribution is 5.92. The number of hydrogen-bond acceptors (Lipinski definition) is 2. The molecular formula is C17H23NO2. The summed E-state index contributed by atoms with van der Waals surface area (Å²) in [5, 5.41) is 11.6. The standard InChI is InChI=1S/C17H23NO2/c1-12(2)14(4)17(20)18-16-9-8-15(13(3)11-16)7-5-6-10-19/h8-9,11-12,14,19H,6,10H2,1-4H3,(H,18,20). The second kappa shape index (κ2) is 7.72. The van der Waals surface area contributed by atoms with Gasteiger partial charge in [0.05, 0.1) is 6.61 Å². The third kappa shape index (κ3) is 4.71. The second-order valence-corrected chi connectivity index (χ2v) is 5.33. The molecule has 0 aromatic heterocycles. The molecule has 3 heteroatoms. The summed E-state index contributed by atoms with van der Waals surface area (Å²) in [6.45, 7) is 8.05. The van der Waals surface area contributed by atoms with E-state index >= 15 is 0 Å². The minimum absolute atomic E-state index is 0.0145. The molecule has 0 bridgehead atoms. The molecule has 0 saturated carbocycles. The number of benzene rings is 1. The average Bonchev–Trinajstić information content (AvgIpc) is 2.40. The highest BCUT2D eigenvalue weighted by Crippen LogP contribution is 2.17. The van der Waals surface area contributed by atoms with Gasteiger partial charge in [-0.2, -0.15) is 0 Å². The molecule has 0 aliphatic carbocycles. The summed E-state index contributed by atoms with van der Waals surface area (Å²) in [7, 11) is 0. The van der Waals surface area contributed by atoms with E-state index in [0.29, 0.717) is 12.3 Å². The Bertz CT molecular complexity index is 524. The first kappa shape index (κ1) is 16.3. The van der Waals surface area contributed by atoms with E-state index in [1.807, 2.05) is 45.9 Å². The van der Waals surface area contributed by atoms with E-state index in [2.05, 4.69) is 17.2 Å². The van der Waals surface area contributed by atoms with Gasteiger partial charge in [-0.15, -0.1) is 0 Å². The van der Waals surface area contributed by atoms with Crippen LogP contribution in [0.2, 0.25) is 0 Å². The smallest absolute Gasteiger partial charge is 0.227 e. The van der Waals surface area contributed by atoms with Crippen molar-refractivity contribution in [3.8, 4) is 11.8 Å². The number of aryl methyl sites for hydroxylation is 1. The van der Waals surface area contributed by atoms with Gasteiger partial charge < -0.3 is 10.4 Å². The Morgan fingerprint density at radius 1 is 1.35 bits per heavy atom. The molecule has 0 fully saturated rings. The summed E-state index contributed by atoms with van der Waals surface area (Å²) in [4.78, 5) is 12.0. The van der Waals surface area contributed by atoms with Crippen LogP contribution in [-0.4, -0.2) is 17.6 Å². The molecule has 1 aromatic carbocycles. The van der Waals surface area contributed by atoms with Crippen LogP contribution in [0.5, 0.6) is 0 Å². The van der Waals surface area contributed by atoms with E-state index in [0.717, 1.165) is 16.8 Å². The van der Waals surface area contributed by atoms with Crippen molar-refractivity contribution in [2.45, 2.75) is 34.1 Å². The van der Waals surface area contributed by atoms with E-state index in [1.165, 1.54) is 0 Å². The fourth-order valence-electron chi connectivity index (χ4n) is 1.65. The molecule has 0 spiro atoms. The van der Waals surface area contributed by atoms with Crippen molar-refractivity contribution < 1.29 is 9.90 Å². The van der Waals surface area contributed by atoms with E-state index in [-0.39, 0.29) is 18.4 Å². The van der Waals surface area contributed by atoms with Crippen LogP contribution < -0.4 is 5.32 Å². The van der Waals surface area contributed by atoms with Crippen LogP contribution in [0.1, 0.15) is 38.3 Å². The molecular weight excluding hydrogens is 250 g/mol. The Balaban J connectivity index is 2.78. The van der Waals surface area contributed by atoms with Gasteiger partial charge in [0.1, 0.15) is 0 Å². The van der Waals surface area contributed by atoms with Gasteiger partial charge >= 0.3 is 0 Å². The molecule has 3 nitrogen and oxygen atoms in total. The summed E-state index contributed by atoms with van der Waals surface area (Å²) in [5.41, 5.74) is 2.74. The normalized spacial score (nSPS) is 11.7. The number of aliphatic hydroxyl groups excluding tert-OH is 1. The third-order valence-corrected chi connectivity index (χ3v) is 3.37. The van der Waals surface area contributed by atoms with Gasteiger partial charge in [0, 0.05) is 23.6 Å². The number of amides is 1. The maximum Gasteiger partial charge on any atom is 0.227 e. The van der Waals surface area contributed by atoms with E-state index in [9.17, 15) is 4.79 Å².